The molecule has 2 fully saturated rings. The summed E-state index contributed by atoms with van der Waals surface area (Å²) in [7, 11) is 0. The lowest BCUT2D eigenvalue weighted by Gasteiger charge is -2.30. The standard InChI is InChI=1S/C21H25FN4O2/c1-3-28-12-20(27)26-10-16-9-25(19-7-14(2)23-13-24-19)11-18(16)21(26)15-5-4-6-17(22)8-15/h4-8,13,16,18,21H,3,9-12H2,1-2H3/t16-,18-,21+/m0/s1. The molecule has 4 rings (SSSR count). The zero-order valence-electron chi connectivity index (χ0n) is 16.2. The molecule has 1 aromatic heterocycles. The van der Waals surface area contributed by atoms with Gasteiger partial charge in [0.05, 0.1) is 6.04 Å². The Morgan fingerprint density at radius 3 is 2.86 bits per heavy atom. The fourth-order valence-electron chi connectivity index (χ4n) is 4.49. The topological polar surface area (TPSA) is 58.6 Å². The average Bonchev–Trinajstić information content (AvgIpc) is 3.24. The first-order valence-corrected chi connectivity index (χ1v) is 9.73. The van der Waals surface area contributed by atoms with Gasteiger partial charge in [-0.1, -0.05) is 12.1 Å². The number of halogens is 1. The molecule has 0 radical (unpaired) electrons. The van der Waals surface area contributed by atoms with Crippen LogP contribution in [0.4, 0.5) is 10.2 Å². The molecule has 1 amide bonds. The van der Waals surface area contributed by atoms with Crippen LogP contribution < -0.4 is 4.90 Å². The maximum absolute atomic E-state index is 13.9. The van der Waals surface area contributed by atoms with Gasteiger partial charge in [0.1, 0.15) is 24.6 Å². The Balaban J connectivity index is 1.61. The molecule has 1 aromatic carbocycles. The van der Waals surface area contributed by atoms with Crippen molar-refractivity contribution >= 4 is 11.7 Å². The second-order valence-corrected chi connectivity index (χ2v) is 7.53. The molecule has 2 saturated heterocycles. The number of amides is 1. The zero-order chi connectivity index (χ0) is 19.7. The lowest BCUT2D eigenvalue weighted by atomic mass is 9.89. The summed E-state index contributed by atoms with van der Waals surface area (Å²) in [5.74, 6) is 1.14. The molecule has 7 heteroatoms. The van der Waals surface area contributed by atoms with Crippen molar-refractivity contribution in [3.63, 3.8) is 0 Å². The lowest BCUT2D eigenvalue weighted by Crippen LogP contribution is -2.38. The molecule has 6 nitrogen and oxygen atoms in total. The van der Waals surface area contributed by atoms with Gasteiger partial charge in [0.25, 0.3) is 0 Å². The largest absolute Gasteiger partial charge is 0.372 e. The van der Waals surface area contributed by atoms with E-state index in [1.165, 1.54) is 6.07 Å². The summed E-state index contributed by atoms with van der Waals surface area (Å²) >= 11 is 0. The Bertz CT molecular complexity index is 862. The number of benzene rings is 1. The normalized spacial score (nSPS) is 23.9. The van der Waals surface area contributed by atoms with Crippen LogP contribution in [0.15, 0.2) is 36.7 Å². The maximum atomic E-state index is 13.9. The van der Waals surface area contributed by atoms with E-state index in [0.717, 1.165) is 30.2 Å². The molecular formula is C21H25FN4O2. The van der Waals surface area contributed by atoms with E-state index in [1.54, 1.807) is 18.5 Å². The Hall–Kier alpha value is -2.54. The minimum atomic E-state index is -0.278. The highest BCUT2D eigenvalue weighted by molar-refractivity contribution is 5.78. The van der Waals surface area contributed by atoms with Crippen molar-refractivity contribution in [3.8, 4) is 0 Å². The van der Waals surface area contributed by atoms with Crippen molar-refractivity contribution in [1.29, 1.82) is 0 Å². The SMILES string of the molecule is CCOCC(=O)N1C[C@@H]2CN(c3cc(C)ncn3)C[C@@H]2[C@H]1c1cccc(F)c1. The Kier molecular flexibility index (Phi) is 5.26. The van der Waals surface area contributed by atoms with Crippen LogP contribution in [-0.2, 0) is 9.53 Å². The van der Waals surface area contributed by atoms with Crippen molar-refractivity contribution in [2.24, 2.45) is 11.8 Å². The van der Waals surface area contributed by atoms with Crippen LogP contribution in [0.1, 0.15) is 24.2 Å². The van der Waals surface area contributed by atoms with Crippen LogP contribution in [-0.4, -0.2) is 53.6 Å². The van der Waals surface area contributed by atoms with E-state index in [-0.39, 0.29) is 30.3 Å². The molecule has 2 aliphatic rings. The van der Waals surface area contributed by atoms with Gasteiger partial charge in [-0.2, -0.15) is 0 Å². The number of likely N-dealkylation sites (tertiary alicyclic amines) is 1. The van der Waals surface area contributed by atoms with E-state index in [2.05, 4.69) is 14.9 Å². The molecule has 0 aliphatic carbocycles. The van der Waals surface area contributed by atoms with Crippen molar-refractivity contribution in [1.82, 2.24) is 14.9 Å². The molecule has 2 aromatic rings. The summed E-state index contributed by atoms with van der Waals surface area (Å²) in [5.41, 5.74) is 1.77. The zero-order valence-corrected chi connectivity index (χ0v) is 16.2. The Morgan fingerprint density at radius 1 is 1.25 bits per heavy atom. The number of rotatable bonds is 5. The number of fused-ring (bicyclic) bond motifs is 1. The predicted molar refractivity (Wildman–Crippen MR) is 103 cm³/mol. The summed E-state index contributed by atoms with van der Waals surface area (Å²) in [6, 6.07) is 8.44. The molecule has 0 N–H and O–H groups in total. The quantitative estimate of drug-likeness (QED) is 0.793. The van der Waals surface area contributed by atoms with Gasteiger partial charge >= 0.3 is 0 Å². The molecule has 2 aliphatic heterocycles. The number of ether oxygens (including phenoxy) is 1. The summed E-state index contributed by atoms with van der Waals surface area (Å²) in [6.07, 6.45) is 1.58. The first kappa shape index (κ1) is 18.8. The van der Waals surface area contributed by atoms with Crippen molar-refractivity contribution in [3.05, 3.63) is 53.7 Å². The van der Waals surface area contributed by atoms with Gasteiger partial charge < -0.3 is 14.5 Å². The van der Waals surface area contributed by atoms with E-state index >= 15 is 0 Å². The van der Waals surface area contributed by atoms with Crippen molar-refractivity contribution < 1.29 is 13.9 Å². The number of hydrogen-bond acceptors (Lipinski definition) is 5. The monoisotopic (exact) mass is 384 g/mol. The van der Waals surface area contributed by atoms with E-state index in [1.807, 2.05) is 30.9 Å². The minimum absolute atomic E-state index is 0.0325. The number of hydrogen-bond donors (Lipinski definition) is 0. The summed E-state index contributed by atoms with van der Waals surface area (Å²) < 4.78 is 19.3. The van der Waals surface area contributed by atoms with Gasteiger partial charge in [0, 0.05) is 49.8 Å². The lowest BCUT2D eigenvalue weighted by molar-refractivity contribution is -0.137. The van der Waals surface area contributed by atoms with Crippen molar-refractivity contribution in [2.45, 2.75) is 19.9 Å². The Morgan fingerprint density at radius 2 is 2.11 bits per heavy atom. The minimum Gasteiger partial charge on any atom is -0.372 e. The third-order valence-electron chi connectivity index (χ3n) is 5.72. The summed E-state index contributed by atoms with van der Waals surface area (Å²) in [6.45, 7) is 6.64. The fraction of sp³-hybridized carbons (Fsp3) is 0.476. The first-order chi connectivity index (χ1) is 13.6. The second-order valence-electron chi connectivity index (χ2n) is 7.53. The first-order valence-electron chi connectivity index (χ1n) is 9.73. The number of anilines is 1. The molecule has 148 valence electrons. The summed E-state index contributed by atoms with van der Waals surface area (Å²) in [4.78, 5) is 25.5. The molecule has 28 heavy (non-hydrogen) atoms. The molecule has 0 bridgehead atoms. The van der Waals surface area contributed by atoms with Gasteiger partial charge in [-0.15, -0.1) is 0 Å². The molecule has 3 atom stereocenters. The number of carbonyl (C=O) groups excluding carboxylic acids is 1. The van der Waals surface area contributed by atoms with Gasteiger partial charge in [0.2, 0.25) is 5.91 Å². The van der Waals surface area contributed by atoms with Gasteiger partial charge in [-0.05, 0) is 31.5 Å². The third-order valence-corrected chi connectivity index (χ3v) is 5.72. The van der Waals surface area contributed by atoms with E-state index in [9.17, 15) is 9.18 Å². The van der Waals surface area contributed by atoms with Gasteiger partial charge in [0.15, 0.2) is 0 Å². The van der Waals surface area contributed by atoms with Crippen LogP contribution in [0.25, 0.3) is 0 Å². The van der Waals surface area contributed by atoms with Crippen LogP contribution in [0.2, 0.25) is 0 Å². The summed E-state index contributed by atoms with van der Waals surface area (Å²) in [5, 5.41) is 0. The van der Waals surface area contributed by atoms with Gasteiger partial charge in [-0.25, -0.2) is 14.4 Å². The highest BCUT2D eigenvalue weighted by Gasteiger charge is 2.49. The molecule has 0 saturated carbocycles. The molecule has 0 spiro atoms. The fourth-order valence-corrected chi connectivity index (χ4v) is 4.49. The van der Waals surface area contributed by atoms with Crippen LogP contribution in [0.5, 0.6) is 0 Å². The predicted octanol–water partition coefficient (Wildman–Crippen LogP) is 2.60. The Labute approximate surface area is 164 Å². The number of nitrogens with zero attached hydrogens (tertiary/aromatic N) is 4. The van der Waals surface area contributed by atoms with Crippen LogP contribution >= 0.6 is 0 Å². The maximum Gasteiger partial charge on any atom is 0.249 e. The molecule has 3 heterocycles. The third kappa shape index (κ3) is 3.58. The molecular weight excluding hydrogens is 359 g/mol. The van der Waals surface area contributed by atoms with Crippen LogP contribution in [0, 0.1) is 24.6 Å². The van der Waals surface area contributed by atoms with Crippen LogP contribution in [0.3, 0.4) is 0 Å². The van der Waals surface area contributed by atoms with E-state index in [0.29, 0.717) is 19.1 Å². The smallest absolute Gasteiger partial charge is 0.249 e. The number of aryl methyl sites for hydroxylation is 1. The molecule has 0 unspecified atom stereocenters. The number of aromatic nitrogens is 2. The van der Waals surface area contributed by atoms with Gasteiger partial charge in [-0.3, -0.25) is 4.79 Å². The average molecular weight is 384 g/mol. The number of carbonyl (C=O) groups is 1. The van der Waals surface area contributed by atoms with E-state index in [4.69, 9.17) is 4.74 Å². The highest BCUT2D eigenvalue weighted by Crippen LogP contribution is 2.45. The van der Waals surface area contributed by atoms with E-state index < -0.39 is 0 Å². The highest BCUT2D eigenvalue weighted by atomic mass is 19.1. The second kappa shape index (κ2) is 7.83. The van der Waals surface area contributed by atoms with Crippen molar-refractivity contribution in [2.75, 3.05) is 37.7 Å².